The van der Waals surface area contributed by atoms with Gasteiger partial charge < -0.3 is 19.7 Å². The van der Waals surface area contributed by atoms with Crippen LogP contribution in [0.4, 0.5) is 11.5 Å². The zero-order chi connectivity index (χ0) is 24.0. The molecule has 1 saturated heterocycles. The second-order valence-electron chi connectivity index (χ2n) is 8.86. The fourth-order valence-corrected chi connectivity index (χ4v) is 4.57. The normalized spacial score (nSPS) is 14.7. The first-order chi connectivity index (χ1) is 17.2. The first-order valence-corrected chi connectivity index (χ1v) is 13.2. The van der Waals surface area contributed by atoms with Gasteiger partial charge in [0.1, 0.15) is 17.3 Å². The molecule has 2 heterocycles. The molecule has 0 bridgehead atoms. The molecular weight excluding hydrogens is 456 g/mol. The summed E-state index contributed by atoms with van der Waals surface area (Å²) in [6.45, 7) is 2.88. The Morgan fingerprint density at radius 3 is 2.31 bits per heavy atom. The Balaban J connectivity index is 1.29. The van der Waals surface area contributed by atoms with E-state index < -0.39 is 0 Å². The van der Waals surface area contributed by atoms with Gasteiger partial charge in [-0.3, -0.25) is 0 Å². The summed E-state index contributed by atoms with van der Waals surface area (Å²) in [7, 11) is 2.17. The lowest BCUT2D eigenvalue weighted by Gasteiger charge is -2.28. The van der Waals surface area contributed by atoms with Gasteiger partial charge in [-0.05, 0) is 106 Å². The van der Waals surface area contributed by atoms with Gasteiger partial charge in [0.05, 0.1) is 12.1 Å². The summed E-state index contributed by atoms with van der Waals surface area (Å²) in [5, 5.41) is 4.39. The average Bonchev–Trinajstić information content (AvgIpc) is 2.90. The van der Waals surface area contributed by atoms with E-state index >= 15 is 0 Å². The van der Waals surface area contributed by atoms with E-state index in [1.807, 2.05) is 60.7 Å². The largest absolute Gasteiger partial charge is 0.463 e. The number of fused-ring (bicyclic) bond motifs is 1. The molecule has 3 aromatic carbocycles. The third-order valence-corrected chi connectivity index (χ3v) is 7.02. The van der Waals surface area contributed by atoms with Crippen LogP contribution in [-0.4, -0.2) is 47.9 Å². The summed E-state index contributed by atoms with van der Waals surface area (Å²) in [6, 6.07) is 24.4. The van der Waals surface area contributed by atoms with Crippen molar-refractivity contribution in [2.24, 2.45) is 5.92 Å². The number of hydrogen-bond donors (Lipinski definition) is 1. The Bertz CT molecular complexity index is 1260. The molecule has 6 nitrogen and oxygen atoms in total. The molecule has 0 unspecified atom stereocenters. The maximum absolute atomic E-state index is 6.07. The third kappa shape index (κ3) is 6.05. The van der Waals surface area contributed by atoms with Crippen molar-refractivity contribution in [3.63, 3.8) is 0 Å². The monoisotopic (exact) mass is 486 g/mol. The van der Waals surface area contributed by atoms with Crippen molar-refractivity contribution in [3.05, 3.63) is 72.8 Å². The zero-order valence-corrected chi connectivity index (χ0v) is 20.9. The maximum Gasteiger partial charge on any atom is 0.318 e. The van der Waals surface area contributed by atoms with E-state index in [1.165, 1.54) is 4.90 Å². The van der Waals surface area contributed by atoms with E-state index in [0.29, 0.717) is 18.5 Å². The van der Waals surface area contributed by atoms with Crippen molar-refractivity contribution >= 4 is 34.2 Å². The van der Waals surface area contributed by atoms with Gasteiger partial charge in [0.15, 0.2) is 0 Å². The highest BCUT2D eigenvalue weighted by Gasteiger charge is 2.18. The van der Waals surface area contributed by atoms with Crippen molar-refractivity contribution in [3.8, 4) is 17.5 Å². The number of nitrogens with one attached hydrogen (secondary N) is 1. The minimum Gasteiger partial charge on any atom is -0.463 e. The second kappa shape index (κ2) is 11.0. The Hall–Kier alpha value is -3.29. The second-order valence-corrected chi connectivity index (χ2v) is 9.74. The lowest BCUT2D eigenvalue weighted by molar-refractivity contribution is 0.154. The summed E-state index contributed by atoms with van der Waals surface area (Å²) >= 11 is 1.71. The molecule has 1 aliphatic rings. The molecule has 0 saturated carbocycles. The van der Waals surface area contributed by atoms with Crippen LogP contribution in [0, 0.1) is 5.92 Å². The first-order valence-electron chi connectivity index (χ1n) is 11.9. The van der Waals surface area contributed by atoms with Crippen LogP contribution in [0.25, 0.3) is 10.9 Å². The smallest absolute Gasteiger partial charge is 0.318 e. The highest BCUT2D eigenvalue weighted by Crippen LogP contribution is 2.29. The number of aromatic nitrogens is 2. The van der Waals surface area contributed by atoms with Crippen LogP contribution in [0.2, 0.25) is 0 Å². The number of thioether (sulfide) groups is 1. The van der Waals surface area contributed by atoms with Crippen LogP contribution in [0.5, 0.6) is 17.5 Å². The number of likely N-dealkylation sites (tertiary alicyclic amines) is 1. The van der Waals surface area contributed by atoms with Crippen LogP contribution in [0.15, 0.2) is 77.7 Å². The SMILES string of the molecule is CSc1ccc(Oc2ccc(Nc3nc(OCC4CCN(C)CC4)nc4ccccc34)cc2)cc1. The predicted molar refractivity (Wildman–Crippen MR) is 143 cm³/mol. The minimum absolute atomic E-state index is 0.416. The summed E-state index contributed by atoms with van der Waals surface area (Å²) in [5.74, 6) is 2.87. The molecule has 0 aliphatic carbocycles. The molecule has 0 spiro atoms. The number of benzene rings is 3. The van der Waals surface area contributed by atoms with Crippen LogP contribution in [0.3, 0.4) is 0 Å². The average molecular weight is 487 g/mol. The van der Waals surface area contributed by atoms with Crippen LogP contribution in [-0.2, 0) is 0 Å². The van der Waals surface area contributed by atoms with Crippen LogP contribution >= 0.6 is 11.8 Å². The molecule has 0 atom stereocenters. The molecule has 35 heavy (non-hydrogen) atoms. The predicted octanol–water partition coefficient (Wildman–Crippen LogP) is 6.61. The summed E-state index contributed by atoms with van der Waals surface area (Å²) < 4.78 is 12.0. The van der Waals surface area contributed by atoms with Crippen molar-refractivity contribution < 1.29 is 9.47 Å². The molecule has 1 aromatic heterocycles. The van der Waals surface area contributed by atoms with Crippen molar-refractivity contribution in [2.45, 2.75) is 17.7 Å². The molecule has 0 radical (unpaired) electrons. The van der Waals surface area contributed by atoms with Gasteiger partial charge in [-0.25, -0.2) is 0 Å². The molecule has 4 aromatic rings. The Morgan fingerprint density at radius 2 is 1.60 bits per heavy atom. The minimum atomic E-state index is 0.416. The van der Waals surface area contributed by atoms with Crippen molar-refractivity contribution in [1.82, 2.24) is 14.9 Å². The van der Waals surface area contributed by atoms with E-state index in [2.05, 4.69) is 40.6 Å². The third-order valence-electron chi connectivity index (χ3n) is 6.28. The lowest BCUT2D eigenvalue weighted by atomic mass is 9.98. The molecule has 180 valence electrons. The van der Waals surface area contributed by atoms with Crippen molar-refractivity contribution in [1.29, 1.82) is 0 Å². The molecule has 1 aliphatic heterocycles. The van der Waals surface area contributed by atoms with Gasteiger partial charge >= 0.3 is 6.01 Å². The van der Waals surface area contributed by atoms with E-state index in [-0.39, 0.29) is 0 Å². The number of anilines is 2. The van der Waals surface area contributed by atoms with Gasteiger partial charge in [-0.15, -0.1) is 11.8 Å². The van der Waals surface area contributed by atoms with Gasteiger partial charge in [0, 0.05) is 16.0 Å². The van der Waals surface area contributed by atoms with Gasteiger partial charge in [0.2, 0.25) is 0 Å². The Morgan fingerprint density at radius 1 is 0.914 bits per heavy atom. The summed E-state index contributed by atoms with van der Waals surface area (Å²) in [4.78, 5) is 12.9. The van der Waals surface area contributed by atoms with Gasteiger partial charge in [-0.2, -0.15) is 9.97 Å². The van der Waals surface area contributed by atoms with Gasteiger partial charge in [-0.1, -0.05) is 12.1 Å². The highest BCUT2D eigenvalue weighted by molar-refractivity contribution is 7.98. The fraction of sp³-hybridized carbons (Fsp3) is 0.286. The summed E-state index contributed by atoms with van der Waals surface area (Å²) in [6.07, 6.45) is 4.35. The zero-order valence-electron chi connectivity index (χ0n) is 20.1. The molecule has 5 rings (SSSR count). The number of ether oxygens (including phenoxy) is 2. The van der Waals surface area contributed by atoms with Crippen molar-refractivity contribution in [2.75, 3.05) is 38.3 Å². The fourth-order valence-electron chi connectivity index (χ4n) is 4.16. The van der Waals surface area contributed by atoms with E-state index in [0.717, 1.165) is 59.8 Å². The quantitative estimate of drug-likeness (QED) is 0.281. The lowest BCUT2D eigenvalue weighted by Crippen LogP contribution is -2.32. The molecular formula is C28H30N4O2S. The van der Waals surface area contributed by atoms with E-state index in [1.54, 1.807) is 11.8 Å². The number of para-hydroxylation sites is 1. The Labute approximate surface area is 210 Å². The Kier molecular flexibility index (Phi) is 7.35. The first kappa shape index (κ1) is 23.5. The van der Waals surface area contributed by atoms with Crippen LogP contribution < -0.4 is 14.8 Å². The molecule has 7 heteroatoms. The number of hydrogen-bond acceptors (Lipinski definition) is 7. The molecule has 1 fully saturated rings. The number of piperidine rings is 1. The number of nitrogens with zero attached hydrogens (tertiary/aromatic N) is 3. The van der Waals surface area contributed by atoms with E-state index in [9.17, 15) is 0 Å². The van der Waals surface area contributed by atoms with Gasteiger partial charge in [0.25, 0.3) is 0 Å². The highest BCUT2D eigenvalue weighted by atomic mass is 32.2. The molecule has 1 N–H and O–H groups in total. The van der Waals surface area contributed by atoms with Crippen LogP contribution in [0.1, 0.15) is 12.8 Å². The van der Waals surface area contributed by atoms with E-state index in [4.69, 9.17) is 14.5 Å². The number of rotatable bonds is 8. The molecule has 0 amide bonds. The standard InChI is InChI=1S/C28H30N4O2S/c1-32-17-15-20(16-18-32)19-33-28-30-26-6-4-3-5-25(26)27(31-28)29-21-7-9-22(10-8-21)34-23-11-13-24(35-2)14-12-23/h3-14,20H,15-19H2,1-2H3,(H,29,30,31). The topological polar surface area (TPSA) is 59.5 Å². The summed E-state index contributed by atoms with van der Waals surface area (Å²) in [5.41, 5.74) is 1.78. The maximum atomic E-state index is 6.07.